The Morgan fingerprint density at radius 2 is 1.07 bits per heavy atom. The molecule has 27 heavy (non-hydrogen) atoms. The summed E-state index contributed by atoms with van der Waals surface area (Å²) < 4.78 is 46.6. The summed E-state index contributed by atoms with van der Waals surface area (Å²) in [5.41, 5.74) is 8.02. The first kappa shape index (κ1) is 21.5. The van der Waals surface area contributed by atoms with Crippen LogP contribution in [-0.2, 0) is 25.3 Å². The summed E-state index contributed by atoms with van der Waals surface area (Å²) in [6.07, 6.45) is 2.09. The van der Waals surface area contributed by atoms with E-state index in [1.807, 2.05) is 0 Å². The summed E-state index contributed by atoms with van der Waals surface area (Å²) in [5.74, 6) is 0. The number of sulfone groups is 2. The van der Waals surface area contributed by atoms with E-state index in [0.717, 1.165) is 12.5 Å². The summed E-state index contributed by atoms with van der Waals surface area (Å²) in [5, 5.41) is 21.0. The third kappa shape index (κ3) is 4.05. The fraction of sp³-hybridized carbons (Fsp3) is 0.294. The number of nitrogens with two attached hydrogens (primary N) is 2. The van der Waals surface area contributed by atoms with Crippen molar-refractivity contribution in [1.29, 1.82) is 0 Å². The SMILES string of the molecule is CS(=O)(=O)c1ccc(C(O)(c2ccc(S(C)(=O)=O)cc2)C(N)(N)CO)cc1. The molecule has 6 N–H and O–H groups in total. The Morgan fingerprint density at radius 3 is 1.30 bits per heavy atom. The Balaban J connectivity index is 2.67. The highest BCUT2D eigenvalue weighted by molar-refractivity contribution is 7.91. The molecule has 0 radical (unpaired) electrons. The largest absolute Gasteiger partial charge is 0.393 e. The van der Waals surface area contributed by atoms with Crippen LogP contribution in [0.2, 0.25) is 0 Å². The van der Waals surface area contributed by atoms with Crippen molar-refractivity contribution in [2.45, 2.75) is 21.1 Å². The van der Waals surface area contributed by atoms with Gasteiger partial charge in [0.15, 0.2) is 19.7 Å². The van der Waals surface area contributed by atoms with Crippen LogP contribution in [0.5, 0.6) is 0 Å². The third-order valence-electron chi connectivity index (χ3n) is 4.34. The molecule has 0 fully saturated rings. The van der Waals surface area contributed by atoms with Gasteiger partial charge < -0.3 is 21.7 Å². The van der Waals surface area contributed by atoms with E-state index < -0.39 is 37.5 Å². The highest BCUT2D eigenvalue weighted by Crippen LogP contribution is 2.36. The summed E-state index contributed by atoms with van der Waals surface area (Å²) in [7, 11) is -6.91. The zero-order valence-corrected chi connectivity index (χ0v) is 16.5. The number of aliphatic hydroxyl groups is 2. The Labute approximate surface area is 158 Å². The van der Waals surface area contributed by atoms with E-state index in [2.05, 4.69) is 0 Å². The van der Waals surface area contributed by atoms with Crippen LogP contribution in [0.15, 0.2) is 58.3 Å². The van der Waals surface area contributed by atoms with Crippen LogP contribution in [0.25, 0.3) is 0 Å². The number of hydrogen-bond acceptors (Lipinski definition) is 8. The van der Waals surface area contributed by atoms with Crippen molar-refractivity contribution in [3.63, 3.8) is 0 Å². The summed E-state index contributed by atoms with van der Waals surface area (Å²) in [6.45, 7) is -0.800. The van der Waals surface area contributed by atoms with Gasteiger partial charge in [0.2, 0.25) is 0 Å². The number of aliphatic hydroxyl groups excluding tert-OH is 1. The first-order valence-corrected chi connectivity index (χ1v) is 11.5. The lowest BCUT2D eigenvalue weighted by atomic mass is 9.77. The Morgan fingerprint density at radius 1 is 0.778 bits per heavy atom. The predicted octanol–water partition coefficient (Wildman–Crippen LogP) is -0.664. The number of benzene rings is 2. The highest BCUT2D eigenvalue weighted by Gasteiger charge is 2.47. The molecule has 148 valence electrons. The minimum absolute atomic E-state index is 0.0321. The fourth-order valence-corrected chi connectivity index (χ4v) is 3.97. The number of hydrogen-bond donors (Lipinski definition) is 4. The van der Waals surface area contributed by atoms with Crippen LogP contribution in [0, 0.1) is 0 Å². The molecule has 0 aliphatic heterocycles. The van der Waals surface area contributed by atoms with Crippen molar-refractivity contribution >= 4 is 19.7 Å². The lowest BCUT2D eigenvalue weighted by Gasteiger charge is -2.41. The van der Waals surface area contributed by atoms with Gasteiger partial charge in [0.25, 0.3) is 0 Å². The van der Waals surface area contributed by atoms with Gasteiger partial charge in [-0.1, -0.05) is 24.3 Å². The van der Waals surface area contributed by atoms with Gasteiger partial charge in [-0.25, -0.2) is 16.8 Å². The molecule has 0 saturated carbocycles. The zero-order valence-electron chi connectivity index (χ0n) is 14.8. The second-order valence-electron chi connectivity index (χ2n) is 6.50. The molecule has 0 aliphatic rings. The minimum atomic E-state index is -3.45. The molecule has 0 aliphatic carbocycles. The molecular weight excluding hydrogens is 392 g/mol. The van der Waals surface area contributed by atoms with Crippen LogP contribution < -0.4 is 11.5 Å². The van der Waals surface area contributed by atoms with Crippen LogP contribution in [0.3, 0.4) is 0 Å². The summed E-state index contributed by atoms with van der Waals surface area (Å²) in [6, 6.07) is 10.5. The van der Waals surface area contributed by atoms with Gasteiger partial charge in [0.05, 0.1) is 16.4 Å². The third-order valence-corrected chi connectivity index (χ3v) is 6.59. The van der Waals surface area contributed by atoms with Crippen LogP contribution in [-0.4, -0.2) is 51.8 Å². The smallest absolute Gasteiger partial charge is 0.175 e. The first-order valence-electron chi connectivity index (χ1n) is 7.75. The Kier molecular flexibility index (Phi) is 5.54. The lowest BCUT2D eigenvalue weighted by molar-refractivity contribution is -0.0279. The minimum Gasteiger partial charge on any atom is -0.393 e. The summed E-state index contributed by atoms with van der Waals surface area (Å²) in [4.78, 5) is 0.0642. The van der Waals surface area contributed by atoms with Gasteiger partial charge in [-0.2, -0.15) is 0 Å². The van der Waals surface area contributed by atoms with Crippen molar-refractivity contribution in [1.82, 2.24) is 0 Å². The summed E-state index contributed by atoms with van der Waals surface area (Å²) >= 11 is 0. The molecule has 0 saturated heterocycles. The average molecular weight is 415 g/mol. The second-order valence-corrected chi connectivity index (χ2v) is 10.5. The van der Waals surface area contributed by atoms with Crippen molar-refractivity contribution in [3.05, 3.63) is 59.7 Å². The van der Waals surface area contributed by atoms with Crippen molar-refractivity contribution in [2.24, 2.45) is 11.5 Å². The molecule has 0 amide bonds. The molecule has 10 heteroatoms. The Bertz CT molecular complexity index is 952. The van der Waals surface area contributed by atoms with E-state index in [1.165, 1.54) is 48.5 Å². The topological polar surface area (TPSA) is 161 Å². The molecule has 8 nitrogen and oxygen atoms in total. The van der Waals surface area contributed by atoms with E-state index in [-0.39, 0.29) is 20.9 Å². The maximum absolute atomic E-state index is 11.6. The van der Waals surface area contributed by atoms with E-state index in [9.17, 15) is 27.0 Å². The molecule has 2 aromatic rings. The molecular formula is C17H22N2O6S2. The second kappa shape index (κ2) is 6.97. The normalized spacial score (nSPS) is 13.6. The number of rotatable bonds is 6. The van der Waals surface area contributed by atoms with Crippen molar-refractivity contribution in [2.75, 3.05) is 19.1 Å². The van der Waals surface area contributed by atoms with Crippen molar-refractivity contribution < 1.29 is 27.0 Å². The Hall–Kier alpha value is -1.82. The monoisotopic (exact) mass is 414 g/mol. The van der Waals surface area contributed by atoms with E-state index in [4.69, 9.17) is 11.5 Å². The van der Waals surface area contributed by atoms with Crippen LogP contribution >= 0.6 is 0 Å². The van der Waals surface area contributed by atoms with Gasteiger partial charge in [-0.05, 0) is 35.4 Å². The van der Waals surface area contributed by atoms with E-state index >= 15 is 0 Å². The predicted molar refractivity (Wildman–Crippen MR) is 100 cm³/mol. The van der Waals surface area contributed by atoms with Gasteiger partial charge in [0.1, 0.15) is 11.3 Å². The molecule has 0 unspecified atom stereocenters. The molecule has 0 spiro atoms. The van der Waals surface area contributed by atoms with E-state index in [1.54, 1.807) is 0 Å². The van der Waals surface area contributed by atoms with Crippen molar-refractivity contribution in [3.8, 4) is 0 Å². The molecule has 0 bridgehead atoms. The lowest BCUT2D eigenvalue weighted by Crippen LogP contribution is -2.67. The maximum Gasteiger partial charge on any atom is 0.175 e. The van der Waals surface area contributed by atoms with Gasteiger partial charge >= 0.3 is 0 Å². The average Bonchev–Trinajstić information content (AvgIpc) is 2.59. The molecule has 0 atom stereocenters. The van der Waals surface area contributed by atoms with E-state index in [0.29, 0.717) is 0 Å². The standard InChI is InChI=1S/C17H22N2O6S2/c1-26(22,23)14-7-3-12(4-8-14)17(21,16(18,19)11-20)13-5-9-15(10-6-13)27(2,24)25/h3-10,20-21H,11,18-19H2,1-2H3. The first-order chi connectivity index (χ1) is 12.2. The van der Waals surface area contributed by atoms with Crippen LogP contribution in [0.1, 0.15) is 11.1 Å². The quantitative estimate of drug-likeness (QED) is 0.453. The molecule has 2 aromatic carbocycles. The molecule has 0 heterocycles. The fourth-order valence-electron chi connectivity index (χ4n) is 2.71. The van der Waals surface area contributed by atoms with Gasteiger partial charge in [0, 0.05) is 12.5 Å². The molecule has 0 aromatic heterocycles. The van der Waals surface area contributed by atoms with Crippen LogP contribution in [0.4, 0.5) is 0 Å². The van der Waals surface area contributed by atoms with Gasteiger partial charge in [-0.3, -0.25) is 0 Å². The maximum atomic E-state index is 11.6. The molecule has 2 rings (SSSR count). The zero-order chi connectivity index (χ0) is 20.7. The van der Waals surface area contributed by atoms with Gasteiger partial charge in [-0.15, -0.1) is 0 Å². The highest BCUT2D eigenvalue weighted by atomic mass is 32.2.